The van der Waals surface area contributed by atoms with Gasteiger partial charge in [-0.25, -0.2) is 4.79 Å². The predicted molar refractivity (Wildman–Crippen MR) is 62.0 cm³/mol. The van der Waals surface area contributed by atoms with E-state index in [1.54, 1.807) is 12.1 Å². The molecule has 0 heterocycles. The highest BCUT2D eigenvalue weighted by Crippen LogP contribution is 2.29. The van der Waals surface area contributed by atoms with Crippen molar-refractivity contribution >= 4 is 16.7 Å². The fraction of sp³-hybridized carbons (Fsp3) is 0.154. The van der Waals surface area contributed by atoms with Gasteiger partial charge in [0.2, 0.25) is 0 Å². The number of aromatic hydroxyl groups is 1. The van der Waals surface area contributed by atoms with Crippen LogP contribution in [0, 0.1) is 0 Å². The monoisotopic (exact) mass is 216 g/mol. The smallest absolute Gasteiger partial charge is 0.339 e. The molecule has 0 atom stereocenters. The van der Waals surface area contributed by atoms with Gasteiger partial charge in [-0.15, -0.1) is 0 Å². The van der Waals surface area contributed by atoms with Crippen molar-refractivity contribution in [3.05, 3.63) is 41.5 Å². The molecule has 0 bridgehead atoms. The van der Waals surface area contributed by atoms with Crippen molar-refractivity contribution in [3.63, 3.8) is 0 Å². The lowest BCUT2D eigenvalue weighted by Gasteiger charge is -2.06. The van der Waals surface area contributed by atoms with Crippen molar-refractivity contribution in [2.24, 2.45) is 0 Å². The summed E-state index contributed by atoms with van der Waals surface area (Å²) in [7, 11) is 0. The van der Waals surface area contributed by atoms with Gasteiger partial charge in [-0.3, -0.25) is 0 Å². The molecule has 0 aliphatic rings. The van der Waals surface area contributed by atoms with Gasteiger partial charge in [-0.2, -0.15) is 0 Å². The zero-order valence-electron chi connectivity index (χ0n) is 8.90. The second-order valence-corrected chi connectivity index (χ2v) is 3.68. The Morgan fingerprint density at radius 2 is 2.00 bits per heavy atom. The summed E-state index contributed by atoms with van der Waals surface area (Å²) in [5, 5.41) is 20.1. The van der Waals surface area contributed by atoms with E-state index in [-0.39, 0.29) is 11.3 Å². The Morgan fingerprint density at radius 1 is 1.25 bits per heavy atom. The maximum absolute atomic E-state index is 10.8. The van der Waals surface area contributed by atoms with Crippen LogP contribution in [0.15, 0.2) is 30.3 Å². The van der Waals surface area contributed by atoms with Crippen LogP contribution in [0.25, 0.3) is 10.8 Å². The first kappa shape index (κ1) is 10.5. The van der Waals surface area contributed by atoms with E-state index >= 15 is 0 Å². The largest absolute Gasteiger partial charge is 0.506 e. The van der Waals surface area contributed by atoms with E-state index in [1.807, 2.05) is 19.1 Å². The minimum atomic E-state index is -1.11. The average molecular weight is 216 g/mol. The predicted octanol–water partition coefficient (Wildman–Crippen LogP) is 2.81. The van der Waals surface area contributed by atoms with Gasteiger partial charge in [-0.1, -0.05) is 31.2 Å². The van der Waals surface area contributed by atoms with Gasteiger partial charge in [-0.05, 0) is 23.4 Å². The molecule has 0 radical (unpaired) electrons. The summed E-state index contributed by atoms with van der Waals surface area (Å²) in [6.07, 6.45) is 0.914. The molecule has 0 aromatic heterocycles. The topological polar surface area (TPSA) is 57.5 Å². The highest BCUT2D eigenvalue weighted by atomic mass is 16.4. The van der Waals surface area contributed by atoms with Crippen molar-refractivity contribution in [2.75, 3.05) is 0 Å². The fourth-order valence-corrected chi connectivity index (χ4v) is 1.76. The Labute approximate surface area is 93.0 Å². The summed E-state index contributed by atoms with van der Waals surface area (Å²) in [4.78, 5) is 10.8. The number of fused-ring (bicyclic) bond motifs is 1. The van der Waals surface area contributed by atoms with E-state index in [0.29, 0.717) is 5.39 Å². The molecular formula is C13H12O3. The number of carboxylic acid groups (broad SMARTS) is 1. The van der Waals surface area contributed by atoms with E-state index < -0.39 is 5.97 Å². The number of carboxylic acids is 1. The number of aryl methyl sites for hydroxylation is 1. The van der Waals surface area contributed by atoms with Gasteiger partial charge in [0.1, 0.15) is 11.3 Å². The first-order valence-corrected chi connectivity index (χ1v) is 5.11. The Morgan fingerprint density at radius 3 is 2.62 bits per heavy atom. The minimum absolute atomic E-state index is 0.0586. The van der Waals surface area contributed by atoms with Crippen molar-refractivity contribution in [1.82, 2.24) is 0 Å². The van der Waals surface area contributed by atoms with Crippen LogP contribution in [0.3, 0.4) is 0 Å². The SMILES string of the molecule is CCc1ccc2c(O)c(C(=O)O)ccc2c1. The quantitative estimate of drug-likeness (QED) is 0.811. The molecule has 0 fully saturated rings. The molecule has 0 spiro atoms. The van der Waals surface area contributed by atoms with Gasteiger partial charge in [0.25, 0.3) is 0 Å². The standard InChI is InChI=1S/C13H12O3/c1-2-8-3-5-10-9(7-8)4-6-11(12(10)14)13(15)16/h3-7,14H,2H2,1H3,(H,15,16). The zero-order chi connectivity index (χ0) is 11.7. The highest BCUT2D eigenvalue weighted by Gasteiger charge is 2.12. The van der Waals surface area contributed by atoms with E-state index in [1.165, 1.54) is 6.07 Å². The van der Waals surface area contributed by atoms with Gasteiger partial charge >= 0.3 is 5.97 Å². The number of benzene rings is 2. The second-order valence-electron chi connectivity index (χ2n) is 3.68. The summed E-state index contributed by atoms with van der Waals surface area (Å²) >= 11 is 0. The van der Waals surface area contributed by atoms with Crippen molar-refractivity contribution in [3.8, 4) is 5.75 Å². The summed E-state index contributed by atoms with van der Waals surface area (Å²) in [6, 6.07) is 8.77. The number of hydrogen-bond donors (Lipinski definition) is 2. The van der Waals surface area contributed by atoms with E-state index in [0.717, 1.165) is 17.4 Å². The van der Waals surface area contributed by atoms with Gasteiger partial charge in [0.15, 0.2) is 0 Å². The van der Waals surface area contributed by atoms with Crippen LogP contribution in [0.2, 0.25) is 0 Å². The summed E-state index contributed by atoms with van der Waals surface area (Å²) in [5.74, 6) is -1.27. The zero-order valence-corrected chi connectivity index (χ0v) is 8.90. The lowest BCUT2D eigenvalue weighted by atomic mass is 10.0. The van der Waals surface area contributed by atoms with Crippen LogP contribution < -0.4 is 0 Å². The molecule has 0 aliphatic carbocycles. The summed E-state index contributed by atoms with van der Waals surface area (Å²) in [6.45, 7) is 2.05. The van der Waals surface area contributed by atoms with Gasteiger partial charge in [0.05, 0.1) is 0 Å². The molecule has 0 unspecified atom stereocenters. The highest BCUT2D eigenvalue weighted by molar-refractivity contribution is 6.00. The third-order valence-corrected chi connectivity index (χ3v) is 2.69. The van der Waals surface area contributed by atoms with Gasteiger partial charge < -0.3 is 10.2 Å². The molecule has 2 aromatic rings. The molecule has 3 heteroatoms. The maximum Gasteiger partial charge on any atom is 0.339 e. The molecule has 0 aliphatic heterocycles. The van der Waals surface area contributed by atoms with Crippen LogP contribution >= 0.6 is 0 Å². The normalized spacial score (nSPS) is 10.6. The molecule has 3 nitrogen and oxygen atoms in total. The molecule has 2 aromatic carbocycles. The number of carbonyl (C=O) groups is 1. The Bertz CT molecular complexity index is 558. The van der Waals surface area contributed by atoms with Crippen molar-refractivity contribution in [2.45, 2.75) is 13.3 Å². The van der Waals surface area contributed by atoms with Crippen LogP contribution in [-0.4, -0.2) is 16.2 Å². The Hall–Kier alpha value is -2.03. The number of hydrogen-bond acceptors (Lipinski definition) is 2. The van der Waals surface area contributed by atoms with Crippen LogP contribution in [-0.2, 0) is 6.42 Å². The average Bonchev–Trinajstić information content (AvgIpc) is 2.28. The minimum Gasteiger partial charge on any atom is -0.506 e. The maximum atomic E-state index is 10.8. The third-order valence-electron chi connectivity index (χ3n) is 2.69. The van der Waals surface area contributed by atoms with Crippen LogP contribution in [0.4, 0.5) is 0 Å². The van der Waals surface area contributed by atoms with Gasteiger partial charge in [0, 0.05) is 5.39 Å². The lowest BCUT2D eigenvalue weighted by molar-refractivity contribution is 0.0694. The number of rotatable bonds is 2. The molecule has 0 amide bonds. The molecule has 0 saturated carbocycles. The molecule has 2 N–H and O–H groups in total. The molecule has 2 rings (SSSR count). The van der Waals surface area contributed by atoms with E-state index in [2.05, 4.69) is 0 Å². The number of phenols is 1. The lowest BCUT2D eigenvalue weighted by Crippen LogP contribution is -1.96. The fourth-order valence-electron chi connectivity index (χ4n) is 1.76. The second kappa shape index (κ2) is 3.85. The number of aromatic carboxylic acids is 1. The van der Waals surface area contributed by atoms with E-state index in [9.17, 15) is 9.90 Å². The third kappa shape index (κ3) is 1.60. The van der Waals surface area contributed by atoms with Crippen molar-refractivity contribution < 1.29 is 15.0 Å². The summed E-state index contributed by atoms with van der Waals surface area (Å²) in [5.41, 5.74) is 1.10. The molecule has 0 saturated heterocycles. The molecule has 82 valence electrons. The Kier molecular flexibility index (Phi) is 2.52. The molecular weight excluding hydrogens is 204 g/mol. The summed E-state index contributed by atoms with van der Waals surface area (Å²) < 4.78 is 0. The first-order chi connectivity index (χ1) is 7.63. The van der Waals surface area contributed by atoms with Crippen LogP contribution in [0.5, 0.6) is 5.75 Å². The van der Waals surface area contributed by atoms with Crippen LogP contribution in [0.1, 0.15) is 22.8 Å². The first-order valence-electron chi connectivity index (χ1n) is 5.11. The molecule has 16 heavy (non-hydrogen) atoms. The Balaban J connectivity index is 2.71. The van der Waals surface area contributed by atoms with Crippen molar-refractivity contribution in [1.29, 1.82) is 0 Å². The van der Waals surface area contributed by atoms with E-state index in [4.69, 9.17) is 5.11 Å².